The van der Waals surface area contributed by atoms with Crippen molar-refractivity contribution in [3.05, 3.63) is 70.8 Å². The Bertz CT molecular complexity index is 970. The second kappa shape index (κ2) is 7.35. The molecule has 0 radical (unpaired) electrons. The van der Waals surface area contributed by atoms with Crippen molar-refractivity contribution in [2.45, 2.75) is 38.8 Å². The molecule has 0 aromatic heterocycles. The lowest BCUT2D eigenvalue weighted by Gasteiger charge is -2.38. The predicted molar refractivity (Wildman–Crippen MR) is 109 cm³/mol. The van der Waals surface area contributed by atoms with Crippen LogP contribution < -0.4 is 5.32 Å². The Hall–Kier alpha value is -3.15. The summed E-state index contributed by atoms with van der Waals surface area (Å²) in [5.74, 6) is -0.350. The minimum absolute atomic E-state index is 0.105. The van der Waals surface area contributed by atoms with E-state index in [4.69, 9.17) is 0 Å². The number of aryl methyl sites for hydroxylation is 2. The van der Waals surface area contributed by atoms with Gasteiger partial charge in [-0.05, 0) is 44.4 Å². The number of urea groups is 1. The van der Waals surface area contributed by atoms with Gasteiger partial charge in [-0.3, -0.25) is 14.5 Å². The zero-order valence-electron chi connectivity index (χ0n) is 16.8. The van der Waals surface area contributed by atoms with Crippen LogP contribution in [0.4, 0.5) is 4.79 Å². The summed E-state index contributed by atoms with van der Waals surface area (Å²) < 4.78 is 0. The summed E-state index contributed by atoms with van der Waals surface area (Å²) in [4.78, 5) is 41.8. The number of rotatable bonds is 3. The standard InChI is InChI=1S/C23H25N3O3/c1-16-7-9-18(10-8-16)14-26-21(28)23(24-22(26)29)11-4-12-25(15-23)20(27)19-6-3-5-17(2)13-19/h3,5-10,13H,4,11-12,14-15H2,1-2H3,(H,24,29). The maximum Gasteiger partial charge on any atom is 0.325 e. The highest BCUT2D eigenvalue weighted by molar-refractivity contribution is 6.07. The van der Waals surface area contributed by atoms with E-state index in [2.05, 4.69) is 5.32 Å². The van der Waals surface area contributed by atoms with E-state index in [9.17, 15) is 14.4 Å². The smallest absolute Gasteiger partial charge is 0.325 e. The third kappa shape index (κ3) is 3.62. The Morgan fingerprint density at radius 3 is 2.55 bits per heavy atom. The van der Waals surface area contributed by atoms with Crippen LogP contribution >= 0.6 is 0 Å². The number of piperidine rings is 1. The molecule has 150 valence electrons. The predicted octanol–water partition coefficient (Wildman–Crippen LogP) is 3.03. The van der Waals surface area contributed by atoms with Gasteiger partial charge in [0, 0.05) is 12.1 Å². The van der Waals surface area contributed by atoms with Crippen LogP contribution in [0.15, 0.2) is 48.5 Å². The van der Waals surface area contributed by atoms with Crippen LogP contribution in [0.3, 0.4) is 0 Å². The number of nitrogens with one attached hydrogen (secondary N) is 1. The Balaban J connectivity index is 1.53. The summed E-state index contributed by atoms with van der Waals surface area (Å²) in [6.45, 7) is 4.95. The first-order chi connectivity index (χ1) is 13.9. The van der Waals surface area contributed by atoms with E-state index in [1.807, 2.05) is 56.3 Å². The summed E-state index contributed by atoms with van der Waals surface area (Å²) in [7, 11) is 0. The number of nitrogens with zero attached hydrogens (tertiary/aromatic N) is 2. The molecule has 0 aliphatic carbocycles. The van der Waals surface area contributed by atoms with Crippen molar-refractivity contribution in [1.82, 2.24) is 15.1 Å². The van der Waals surface area contributed by atoms with E-state index >= 15 is 0 Å². The maximum atomic E-state index is 13.2. The fourth-order valence-electron chi connectivity index (χ4n) is 4.16. The summed E-state index contributed by atoms with van der Waals surface area (Å²) in [6.07, 6.45) is 1.21. The molecule has 1 spiro atoms. The fraction of sp³-hybridized carbons (Fsp3) is 0.348. The van der Waals surface area contributed by atoms with Crippen LogP contribution in [-0.4, -0.2) is 46.3 Å². The molecule has 6 nitrogen and oxygen atoms in total. The monoisotopic (exact) mass is 391 g/mol. The molecular formula is C23H25N3O3. The topological polar surface area (TPSA) is 69.7 Å². The third-order valence-corrected chi connectivity index (χ3v) is 5.75. The minimum atomic E-state index is -1.03. The van der Waals surface area contributed by atoms with Crippen LogP contribution in [0.2, 0.25) is 0 Å². The molecule has 1 N–H and O–H groups in total. The molecule has 2 heterocycles. The van der Waals surface area contributed by atoms with E-state index in [-0.39, 0.29) is 30.9 Å². The van der Waals surface area contributed by atoms with Gasteiger partial charge in [0.2, 0.25) is 0 Å². The molecule has 2 aliphatic heterocycles. The first kappa shape index (κ1) is 19.2. The molecule has 29 heavy (non-hydrogen) atoms. The van der Waals surface area contributed by atoms with Gasteiger partial charge < -0.3 is 10.2 Å². The zero-order valence-corrected chi connectivity index (χ0v) is 16.8. The molecule has 2 aromatic carbocycles. The molecule has 2 aromatic rings. The SMILES string of the molecule is Cc1ccc(CN2C(=O)NC3(CCCN(C(=O)c4cccc(C)c4)C3)C2=O)cc1. The van der Waals surface area contributed by atoms with E-state index in [0.717, 1.165) is 16.7 Å². The first-order valence-corrected chi connectivity index (χ1v) is 9.94. The van der Waals surface area contributed by atoms with Crippen molar-refractivity contribution in [3.63, 3.8) is 0 Å². The lowest BCUT2D eigenvalue weighted by molar-refractivity contribution is -0.133. The maximum absolute atomic E-state index is 13.2. The van der Waals surface area contributed by atoms with Gasteiger partial charge >= 0.3 is 6.03 Å². The summed E-state index contributed by atoms with van der Waals surface area (Å²) in [5, 5.41) is 2.89. The van der Waals surface area contributed by atoms with Gasteiger partial charge in [-0.15, -0.1) is 0 Å². The number of carbonyl (C=O) groups is 3. The number of benzene rings is 2. The Labute approximate surface area is 170 Å². The van der Waals surface area contributed by atoms with Gasteiger partial charge in [0.1, 0.15) is 5.54 Å². The second-order valence-electron chi connectivity index (χ2n) is 8.09. The van der Waals surface area contributed by atoms with Crippen LogP contribution in [0.1, 0.15) is 39.9 Å². The van der Waals surface area contributed by atoms with Gasteiger partial charge in [-0.2, -0.15) is 0 Å². The van der Waals surface area contributed by atoms with Gasteiger partial charge in [-0.1, -0.05) is 47.5 Å². The van der Waals surface area contributed by atoms with E-state index < -0.39 is 5.54 Å². The largest absolute Gasteiger partial charge is 0.336 e. The summed E-state index contributed by atoms with van der Waals surface area (Å²) in [6, 6.07) is 14.8. The van der Waals surface area contributed by atoms with Crippen LogP contribution in [0.25, 0.3) is 0 Å². The van der Waals surface area contributed by atoms with Crippen molar-refractivity contribution in [1.29, 1.82) is 0 Å². The number of imide groups is 1. The highest BCUT2D eigenvalue weighted by Gasteiger charge is 2.53. The number of carbonyl (C=O) groups excluding carboxylic acids is 3. The van der Waals surface area contributed by atoms with Gasteiger partial charge in [0.25, 0.3) is 11.8 Å². The second-order valence-corrected chi connectivity index (χ2v) is 8.09. The molecule has 2 saturated heterocycles. The van der Waals surface area contributed by atoms with Gasteiger partial charge in [-0.25, -0.2) is 4.79 Å². The Morgan fingerprint density at radius 2 is 1.83 bits per heavy atom. The number of hydrogen-bond acceptors (Lipinski definition) is 3. The lowest BCUT2D eigenvalue weighted by atomic mass is 9.88. The van der Waals surface area contributed by atoms with Gasteiger partial charge in [0.05, 0.1) is 13.1 Å². The fourth-order valence-corrected chi connectivity index (χ4v) is 4.16. The number of amides is 4. The molecule has 2 fully saturated rings. The normalized spacial score (nSPS) is 21.6. The molecular weight excluding hydrogens is 366 g/mol. The molecule has 1 unspecified atom stereocenters. The van der Waals surface area contributed by atoms with Crippen LogP contribution in [-0.2, 0) is 11.3 Å². The first-order valence-electron chi connectivity index (χ1n) is 9.94. The third-order valence-electron chi connectivity index (χ3n) is 5.75. The molecule has 4 amide bonds. The molecule has 0 saturated carbocycles. The molecule has 2 aliphatic rings. The van der Waals surface area contributed by atoms with Crippen molar-refractivity contribution >= 4 is 17.8 Å². The average molecular weight is 391 g/mol. The van der Waals surface area contributed by atoms with Crippen LogP contribution in [0.5, 0.6) is 0 Å². The van der Waals surface area contributed by atoms with E-state index in [1.165, 1.54) is 4.90 Å². The molecule has 4 rings (SSSR count). The lowest BCUT2D eigenvalue weighted by Crippen LogP contribution is -2.59. The minimum Gasteiger partial charge on any atom is -0.336 e. The highest BCUT2D eigenvalue weighted by Crippen LogP contribution is 2.30. The van der Waals surface area contributed by atoms with Gasteiger partial charge in [0.15, 0.2) is 0 Å². The molecule has 1 atom stereocenters. The summed E-state index contributed by atoms with van der Waals surface area (Å²) >= 11 is 0. The Morgan fingerprint density at radius 1 is 1.07 bits per heavy atom. The van der Waals surface area contributed by atoms with Crippen molar-refractivity contribution in [2.75, 3.05) is 13.1 Å². The molecule has 0 bridgehead atoms. The highest BCUT2D eigenvalue weighted by atomic mass is 16.2. The van der Waals surface area contributed by atoms with Crippen LogP contribution in [0, 0.1) is 13.8 Å². The van der Waals surface area contributed by atoms with Crippen molar-refractivity contribution in [3.8, 4) is 0 Å². The Kier molecular flexibility index (Phi) is 4.86. The average Bonchev–Trinajstić information content (AvgIpc) is 2.93. The number of likely N-dealkylation sites (tertiary alicyclic amines) is 1. The van der Waals surface area contributed by atoms with Crippen molar-refractivity contribution in [2.24, 2.45) is 0 Å². The van der Waals surface area contributed by atoms with E-state index in [0.29, 0.717) is 24.9 Å². The molecule has 6 heteroatoms. The summed E-state index contributed by atoms with van der Waals surface area (Å²) in [5.41, 5.74) is 2.62. The van der Waals surface area contributed by atoms with E-state index in [1.54, 1.807) is 11.0 Å². The van der Waals surface area contributed by atoms with Crippen molar-refractivity contribution < 1.29 is 14.4 Å². The number of hydrogen-bond donors (Lipinski definition) is 1. The zero-order chi connectivity index (χ0) is 20.6. The quantitative estimate of drug-likeness (QED) is 0.818.